The zero-order chi connectivity index (χ0) is 15.4. The molecule has 0 aromatic heterocycles. The number of benzene rings is 1. The fraction of sp³-hybridized carbons (Fsp3) is 0.625. The van der Waals surface area contributed by atoms with E-state index >= 15 is 0 Å². The highest BCUT2D eigenvalue weighted by Crippen LogP contribution is 2.66. The smallest absolute Gasteiger partial charge is 0.296 e. The number of aromatic hydroxyl groups is 1. The number of rotatable bonds is 3. The number of nitrogens with one attached hydrogen (secondary N) is 1. The predicted molar refractivity (Wildman–Crippen MR) is 81.4 cm³/mol. The molecule has 2 bridgehead atoms. The molecule has 3 unspecified atom stereocenters. The van der Waals surface area contributed by atoms with Crippen LogP contribution in [0.2, 0.25) is 0 Å². The van der Waals surface area contributed by atoms with Gasteiger partial charge in [0.2, 0.25) is 0 Å². The van der Waals surface area contributed by atoms with Crippen LogP contribution in [0.25, 0.3) is 0 Å². The second-order valence-electron chi connectivity index (χ2n) is 7.27. The summed E-state index contributed by atoms with van der Waals surface area (Å²) in [7, 11) is 0. The molecular weight excluding hydrogens is 268 g/mol. The summed E-state index contributed by atoms with van der Waals surface area (Å²) in [6.45, 7) is 6.93. The Morgan fingerprint density at radius 1 is 1.38 bits per heavy atom. The van der Waals surface area contributed by atoms with Gasteiger partial charge in [-0.05, 0) is 48.1 Å². The fourth-order valence-electron chi connectivity index (χ4n) is 4.40. The zero-order valence-corrected chi connectivity index (χ0v) is 12.7. The maximum Gasteiger partial charge on any atom is 0.296 e. The standard InChI is InChI=1S/C16H22N2O3/c1-15(2)10-6-7-16(15,3)14(8-10)17-12-5-4-11(19)9-13(12)18(20)21/h4-5,9-10,14,17,19H,6-8H2,1-3H3. The molecule has 5 nitrogen and oxygen atoms in total. The SMILES string of the molecule is CC1(C)C2CCC1(C)C(Nc1ccc(O)cc1[N+](=O)[O-])C2. The third-order valence-electron chi connectivity index (χ3n) is 6.30. The zero-order valence-electron chi connectivity index (χ0n) is 12.7. The van der Waals surface area contributed by atoms with Gasteiger partial charge in [0.25, 0.3) is 5.69 Å². The number of phenols is 1. The van der Waals surface area contributed by atoms with Gasteiger partial charge in [0.15, 0.2) is 0 Å². The second kappa shape index (κ2) is 4.36. The quantitative estimate of drug-likeness (QED) is 0.502. The van der Waals surface area contributed by atoms with Crippen molar-refractivity contribution in [1.82, 2.24) is 0 Å². The van der Waals surface area contributed by atoms with E-state index in [9.17, 15) is 15.2 Å². The largest absolute Gasteiger partial charge is 0.508 e. The van der Waals surface area contributed by atoms with E-state index in [2.05, 4.69) is 26.1 Å². The van der Waals surface area contributed by atoms with Crippen LogP contribution in [0.3, 0.4) is 0 Å². The van der Waals surface area contributed by atoms with E-state index in [4.69, 9.17) is 0 Å². The van der Waals surface area contributed by atoms with Gasteiger partial charge in [0, 0.05) is 6.04 Å². The number of phenolic OH excluding ortho intramolecular Hbond substituents is 1. The molecule has 1 aromatic rings. The lowest BCUT2D eigenvalue weighted by Gasteiger charge is -2.39. The number of fused-ring (bicyclic) bond motifs is 2. The average molecular weight is 290 g/mol. The van der Waals surface area contributed by atoms with Crippen LogP contribution in [0, 0.1) is 26.9 Å². The second-order valence-corrected chi connectivity index (χ2v) is 7.27. The van der Waals surface area contributed by atoms with Gasteiger partial charge in [-0.1, -0.05) is 20.8 Å². The predicted octanol–water partition coefficient (Wildman–Crippen LogP) is 3.93. The van der Waals surface area contributed by atoms with Gasteiger partial charge in [0.05, 0.1) is 11.0 Å². The normalized spacial score (nSPS) is 33.1. The third-order valence-corrected chi connectivity index (χ3v) is 6.30. The monoisotopic (exact) mass is 290 g/mol. The molecule has 3 rings (SSSR count). The molecule has 2 saturated carbocycles. The Morgan fingerprint density at radius 3 is 2.62 bits per heavy atom. The van der Waals surface area contributed by atoms with E-state index in [-0.39, 0.29) is 28.3 Å². The minimum Gasteiger partial charge on any atom is -0.508 e. The van der Waals surface area contributed by atoms with E-state index in [1.807, 2.05) is 0 Å². The summed E-state index contributed by atoms with van der Waals surface area (Å²) in [5.74, 6) is 0.600. The minimum absolute atomic E-state index is 0.0563. The van der Waals surface area contributed by atoms with Crippen LogP contribution in [0.15, 0.2) is 18.2 Å². The van der Waals surface area contributed by atoms with Crippen molar-refractivity contribution in [3.63, 3.8) is 0 Å². The van der Waals surface area contributed by atoms with E-state index in [1.54, 1.807) is 6.07 Å². The molecule has 0 radical (unpaired) electrons. The van der Waals surface area contributed by atoms with Crippen LogP contribution in [0.5, 0.6) is 5.75 Å². The highest BCUT2D eigenvalue weighted by Gasteiger charge is 2.61. The first-order valence-electron chi connectivity index (χ1n) is 7.49. The minimum atomic E-state index is -0.442. The lowest BCUT2D eigenvalue weighted by molar-refractivity contribution is -0.384. The molecule has 21 heavy (non-hydrogen) atoms. The maximum atomic E-state index is 11.2. The first-order chi connectivity index (χ1) is 9.75. The van der Waals surface area contributed by atoms with Crippen molar-refractivity contribution in [2.45, 2.75) is 46.1 Å². The third kappa shape index (κ3) is 1.90. The summed E-state index contributed by atoms with van der Waals surface area (Å²) >= 11 is 0. The van der Waals surface area contributed by atoms with Crippen LogP contribution in [0.1, 0.15) is 40.0 Å². The Morgan fingerprint density at radius 2 is 2.10 bits per heavy atom. The number of nitro groups is 1. The van der Waals surface area contributed by atoms with Crippen LogP contribution < -0.4 is 5.32 Å². The molecule has 3 atom stereocenters. The van der Waals surface area contributed by atoms with Crippen LogP contribution in [0.4, 0.5) is 11.4 Å². The lowest BCUT2D eigenvalue weighted by Crippen LogP contribution is -2.40. The van der Waals surface area contributed by atoms with Crippen molar-refractivity contribution in [3.05, 3.63) is 28.3 Å². The number of hydrogen-bond acceptors (Lipinski definition) is 4. The summed E-state index contributed by atoms with van der Waals surface area (Å²) in [5, 5.41) is 24.0. The molecule has 5 heteroatoms. The first-order valence-corrected chi connectivity index (χ1v) is 7.49. The van der Waals surface area contributed by atoms with Crippen molar-refractivity contribution in [2.24, 2.45) is 16.7 Å². The Hall–Kier alpha value is -1.78. The molecule has 0 aliphatic heterocycles. The van der Waals surface area contributed by atoms with Crippen molar-refractivity contribution < 1.29 is 10.0 Å². The van der Waals surface area contributed by atoms with Crippen molar-refractivity contribution in [3.8, 4) is 5.75 Å². The maximum absolute atomic E-state index is 11.2. The highest BCUT2D eigenvalue weighted by molar-refractivity contribution is 5.64. The Balaban J connectivity index is 1.91. The molecule has 2 aliphatic rings. The van der Waals surface area contributed by atoms with Crippen molar-refractivity contribution in [2.75, 3.05) is 5.32 Å². The van der Waals surface area contributed by atoms with Gasteiger partial charge < -0.3 is 10.4 Å². The van der Waals surface area contributed by atoms with Crippen molar-refractivity contribution >= 4 is 11.4 Å². The van der Waals surface area contributed by atoms with E-state index < -0.39 is 4.92 Å². The molecule has 2 fully saturated rings. The van der Waals surface area contributed by atoms with E-state index in [0.717, 1.165) is 12.8 Å². The average Bonchev–Trinajstić information content (AvgIpc) is 2.73. The van der Waals surface area contributed by atoms with Gasteiger partial charge in [-0.15, -0.1) is 0 Å². The van der Waals surface area contributed by atoms with Crippen LogP contribution in [-0.4, -0.2) is 16.1 Å². The number of nitrogens with zero attached hydrogens (tertiary/aromatic N) is 1. The molecule has 0 heterocycles. The van der Waals surface area contributed by atoms with Crippen molar-refractivity contribution in [1.29, 1.82) is 0 Å². The summed E-state index contributed by atoms with van der Waals surface area (Å²) in [5.41, 5.74) is 0.867. The first kappa shape index (κ1) is 14.2. The lowest BCUT2D eigenvalue weighted by atomic mass is 9.69. The van der Waals surface area contributed by atoms with Crippen LogP contribution >= 0.6 is 0 Å². The topological polar surface area (TPSA) is 75.4 Å². The highest BCUT2D eigenvalue weighted by atomic mass is 16.6. The molecule has 2 aliphatic carbocycles. The Bertz CT molecular complexity index is 599. The Kier molecular flexibility index (Phi) is 2.94. The molecule has 0 amide bonds. The molecule has 0 saturated heterocycles. The number of nitro benzene ring substituents is 1. The summed E-state index contributed by atoms with van der Waals surface area (Å²) < 4.78 is 0. The van der Waals surface area contributed by atoms with E-state index in [1.165, 1.54) is 18.6 Å². The van der Waals surface area contributed by atoms with Gasteiger partial charge in [-0.3, -0.25) is 10.1 Å². The van der Waals surface area contributed by atoms with Gasteiger partial charge in [-0.2, -0.15) is 0 Å². The van der Waals surface area contributed by atoms with Gasteiger partial charge >= 0.3 is 0 Å². The van der Waals surface area contributed by atoms with Crippen LogP contribution in [-0.2, 0) is 0 Å². The molecule has 1 aromatic carbocycles. The number of anilines is 1. The summed E-state index contributed by atoms with van der Waals surface area (Å²) in [6.07, 6.45) is 3.47. The van der Waals surface area contributed by atoms with E-state index in [0.29, 0.717) is 11.6 Å². The molecular formula is C16H22N2O3. The Labute approximate surface area is 124 Å². The molecule has 0 spiro atoms. The molecule has 2 N–H and O–H groups in total. The molecule has 114 valence electrons. The number of hydrogen-bond donors (Lipinski definition) is 2. The summed E-state index contributed by atoms with van der Waals surface area (Å²) in [4.78, 5) is 10.7. The summed E-state index contributed by atoms with van der Waals surface area (Å²) in [6, 6.07) is 4.56. The van der Waals surface area contributed by atoms with Gasteiger partial charge in [-0.25, -0.2) is 0 Å². The van der Waals surface area contributed by atoms with Gasteiger partial charge in [0.1, 0.15) is 11.4 Å². The fourth-order valence-corrected chi connectivity index (χ4v) is 4.40.